The van der Waals surface area contributed by atoms with E-state index >= 15 is 0 Å². The highest BCUT2D eigenvalue weighted by Gasteiger charge is 2.22. The van der Waals surface area contributed by atoms with Gasteiger partial charge in [0, 0.05) is 6.04 Å². The van der Waals surface area contributed by atoms with Crippen LogP contribution in [0, 0.1) is 0 Å². The lowest BCUT2D eigenvalue weighted by atomic mass is 10.5. The molecule has 0 unspecified atom stereocenters. The van der Waals surface area contributed by atoms with Crippen LogP contribution in [0.5, 0.6) is 0 Å². The molecule has 106 valence electrons. The van der Waals surface area contributed by atoms with Gasteiger partial charge in [0.1, 0.15) is 10.0 Å². The Hall–Kier alpha value is -1.38. The van der Waals surface area contributed by atoms with E-state index in [9.17, 15) is 8.42 Å². The molecule has 2 aromatic heterocycles. The molecule has 2 aromatic rings. The molecule has 20 heavy (non-hydrogen) atoms. The van der Waals surface area contributed by atoms with Crippen molar-refractivity contribution in [2.24, 2.45) is 0 Å². The van der Waals surface area contributed by atoms with E-state index in [1.165, 1.54) is 12.1 Å². The predicted molar refractivity (Wildman–Crippen MR) is 78.8 cm³/mol. The van der Waals surface area contributed by atoms with E-state index < -0.39 is 10.0 Å². The lowest BCUT2D eigenvalue weighted by Gasteiger charge is -2.06. The van der Waals surface area contributed by atoms with Crippen LogP contribution < -0.4 is 10.0 Å². The third-order valence-electron chi connectivity index (χ3n) is 2.65. The van der Waals surface area contributed by atoms with Gasteiger partial charge in [0.25, 0.3) is 10.0 Å². The Labute approximate surface area is 125 Å². The second-order valence-corrected chi connectivity index (χ2v) is 8.01. The predicted octanol–water partition coefficient (Wildman–Crippen LogP) is 2.57. The molecule has 2 N–H and O–H groups in total. The highest BCUT2D eigenvalue weighted by atomic mass is 35.5. The molecule has 1 aliphatic rings. The molecule has 0 radical (unpaired) electrons. The summed E-state index contributed by atoms with van der Waals surface area (Å²) >= 11 is 6.72. The molecule has 2 heterocycles. The molecule has 0 aliphatic heterocycles. The van der Waals surface area contributed by atoms with Crippen LogP contribution in [-0.4, -0.2) is 24.7 Å². The highest BCUT2D eigenvalue weighted by Crippen LogP contribution is 2.27. The summed E-state index contributed by atoms with van der Waals surface area (Å²) in [5.74, 6) is 0.825. The summed E-state index contributed by atoms with van der Waals surface area (Å²) in [6, 6.07) is 6.73. The molecule has 0 atom stereocenters. The highest BCUT2D eigenvalue weighted by molar-refractivity contribution is 7.94. The Morgan fingerprint density at radius 3 is 2.40 bits per heavy atom. The summed E-state index contributed by atoms with van der Waals surface area (Å²) in [7, 11) is -3.65. The minimum Gasteiger partial charge on any atom is -0.366 e. The van der Waals surface area contributed by atoms with Crippen LogP contribution in [0.15, 0.2) is 28.5 Å². The third kappa shape index (κ3) is 3.20. The zero-order valence-electron chi connectivity index (χ0n) is 10.2. The van der Waals surface area contributed by atoms with Crippen molar-refractivity contribution in [2.75, 3.05) is 10.0 Å². The van der Waals surface area contributed by atoms with Crippen molar-refractivity contribution in [1.29, 1.82) is 0 Å². The van der Waals surface area contributed by atoms with Crippen molar-refractivity contribution in [3.8, 4) is 0 Å². The van der Waals surface area contributed by atoms with Crippen LogP contribution in [-0.2, 0) is 10.0 Å². The molecule has 0 aromatic carbocycles. The molecular formula is C11H11ClN4O2S2. The zero-order chi connectivity index (χ0) is 14.2. The fraction of sp³-hybridized carbons (Fsp3) is 0.273. The quantitative estimate of drug-likeness (QED) is 0.880. The number of hydrogen-bond acceptors (Lipinski definition) is 6. The Kier molecular flexibility index (Phi) is 3.53. The molecule has 0 saturated heterocycles. The lowest BCUT2D eigenvalue weighted by molar-refractivity contribution is 0.603. The molecule has 6 nitrogen and oxygen atoms in total. The number of hydrogen-bond donors (Lipinski definition) is 2. The number of halogens is 1. The van der Waals surface area contributed by atoms with Gasteiger partial charge >= 0.3 is 0 Å². The first-order chi connectivity index (χ1) is 9.53. The monoisotopic (exact) mass is 330 g/mol. The van der Waals surface area contributed by atoms with Gasteiger partial charge in [0.05, 0.1) is 4.34 Å². The molecular weight excluding hydrogens is 320 g/mol. The van der Waals surface area contributed by atoms with E-state index in [0.717, 1.165) is 24.2 Å². The number of sulfonamides is 1. The fourth-order valence-corrected chi connectivity index (χ4v) is 4.01. The zero-order valence-corrected chi connectivity index (χ0v) is 12.6. The van der Waals surface area contributed by atoms with Crippen LogP contribution >= 0.6 is 22.9 Å². The molecule has 3 rings (SSSR count). The van der Waals surface area contributed by atoms with Gasteiger partial charge in [0.15, 0.2) is 5.82 Å². The third-order valence-corrected chi connectivity index (χ3v) is 5.72. The van der Waals surface area contributed by atoms with Gasteiger partial charge < -0.3 is 5.32 Å². The maximum atomic E-state index is 12.0. The number of anilines is 2. The first kappa shape index (κ1) is 13.6. The molecule has 1 saturated carbocycles. The molecule has 0 bridgehead atoms. The summed E-state index contributed by atoms with van der Waals surface area (Å²) < 4.78 is 27.0. The summed E-state index contributed by atoms with van der Waals surface area (Å²) in [5, 5.41) is 11.0. The van der Waals surface area contributed by atoms with Gasteiger partial charge in [-0.3, -0.25) is 4.72 Å². The summed E-state index contributed by atoms with van der Waals surface area (Å²) in [5.41, 5.74) is 0. The van der Waals surface area contributed by atoms with Crippen LogP contribution in [0.4, 0.5) is 11.6 Å². The number of thiophene rings is 1. The second kappa shape index (κ2) is 5.19. The van der Waals surface area contributed by atoms with Gasteiger partial charge in [0.2, 0.25) is 0 Å². The Morgan fingerprint density at radius 2 is 1.85 bits per heavy atom. The molecule has 9 heteroatoms. The van der Waals surface area contributed by atoms with Gasteiger partial charge in [-0.15, -0.1) is 21.5 Å². The smallest absolute Gasteiger partial charge is 0.272 e. The first-order valence-corrected chi connectivity index (χ1v) is 8.59. The van der Waals surface area contributed by atoms with Crippen molar-refractivity contribution >= 4 is 44.6 Å². The van der Waals surface area contributed by atoms with Gasteiger partial charge in [-0.1, -0.05) is 11.6 Å². The Morgan fingerprint density at radius 1 is 1.15 bits per heavy atom. The first-order valence-electron chi connectivity index (χ1n) is 5.91. The van der Waals surface area contributed by atoms with Gasteiger partial charge in [-0.2, -0.15) is 0 Å². The van der Waals surface area contributed by atoms with E-state index in [1.54, 1.807) is 12.1 Å². The van der Waals surface area contributed by atoms with Crippen molar-refractivity contribution in [3.63, 3.8) is 0 Å². The molecule has 1 aliphatic carbocycles. The Balaban J connectivity index is 1.73. The lowest BCUT2D eigenvalue weighted by Crippen LogP contribution is -2.13. The minimum atomic E-state index is -3.65. The number of nitrogens with zero attached hydrogens (tertiary/aromatic N) is 2. The largest absolute Gasteiger partial charge is 0.366 e. The molecule has 1 fully saturated rings. The van der Waals surface area contributed by atoms with Crippen molar-refractivity contribution in [1.82, 2.24) is 10.2 Å². The van der Waals surface area contributed by atoms with Crippen molar-refractivity contribution < 1.29 is 8.42 Å². The van der Waals surface area contributed by atoms with Crippen LogP contribution in [0.25, 0.3) is 0 Å². The standard InChI is InChI=1S/C11H11ClN4O2S2/c12-8-3-6-11(19-8)20(17,18)16-10-5-4-9(14-15-10)13-7-1-2-7/h3-7H,1-2H2,(H,13,14)(H,15,16). The maximum absolute atomic E-state index is 12.0. The van der Waals surface area contributed by atoms with Crippen molar-refractivity contribution in [3.05, 3.63) is 28.6 Å². The maximum Gasteiger partial charge on any atom is 0.272 e. The average Bonchev–Trinajstić information content (AvgIpc) is 3.10. The van der Waals surface area contributed by atoms with E-state index in [2.05, 4.69) is 20.2 Å². The van der Waals surface area contributed by atoms with E-state index in [-0.39, 0.29) is 10.0 Å². The number of nitrogens with one attached hydrogen (secondary N) is 2. The average molecular weight is 331 g/mol. The normalized spacial score (nSPS) is 15.1. The van der Waals surface area contributed by atoms with E-state index in [0.29, 0.717) is 16.2 Å². The number of rotatable bonds is 5. The van der Waals surface area contributed by atoms with Crippen LogP contribution in [0.1, 0.15) is 12.8 Å². The number of aromatic nitrogens is 2. The Bertz CT molecular complexity index is 710. The molecule has 0 amide bonds. The summed E-state index contributed by atoms with van der Waals surface area (Å²) in [6.07, 6.45) is 2.27. The van der Waals surface area contributed by atoms with Crippen LogP contribution in [0.2, 0.25) is 4.34 Å². The topological polar surface area (TPSA) is 84.0 Å². The second-order valence-electron chi connectivity index (χ2n) is 4.39. The fourth-order valence-electron chi connectivity index (χ4n) is 1.53. The van der Waals surface area contributed by atoms with Crippen LogP contribution in [0.3, 0.4) is 0 Å². The minimum absolute atomic E-state index is 0.143. The van der Waals surface area contributed by atoms with E-state index in [1.807, 2.05) is 0 Å². The molecule has 0 spiro atoms. The SMILES string of the molecule is O=S(=O)(Nc1ccc(NC2CC2)nn1)c1ccc(Cl)s1. The van der Waals surface area contributed by atoms with Crippen molar-refractivity contribution in [2.45, 2.75) is 23.1 Å². The van der Waals surface area contributed by atoms with Gasteiger partial charge in [-0.25, -0.2) is 8.42 Å². The van der Waals surface area contributed by atoms with Gasteiger partial charge in [-0.05, 0) is 37.1 Å². The summed E-state index contributed by atoms with van der Waals surface area (Å²) in [4.78, 5) is 0. The van der Waals surface area contributed by atoms with E-state index in [4.69, 9.17) is 11.6 Å². The summed E-state index contributed by atoms with van der Waals surface area (Å²) in [6.45, 7) is 0.